The number of para-hydroxylation sites is 1. The van der Waals surface area contributed by atoms with Crippen LogP contribution in [0.5, 0.6) is 0 Å². The molecule has 1 amide bonds. The lowest BCUT2D eigenvalue weighted by atomic mass is 10.2. The Morgan fingerprint density at radius 1 is 1.10 bits per heavy atom. The number of furan rings is 1. The summed E-state index contributed by atoms with van der Waals surface area (Å²) in [5.74, 6) is -0.381. The summed E-state index contributed by atoms with van der Waals surface area (Å²) >= 11 is 0. The van der Waals surface area contributed by atoms with Crippen LogP contribution in [0, 0.1) is 5.82 Å². The van der Waals surface area contributed by atoms with E-state index in [-0.39, 0.29) is 24.0 Å². The molecule has 0 radical (unpaired) electrons. The first-order chi connectivity index (χ1) is 9.72. The van der Waals surface area contributed by atoms with Crippen molar-refractivity contribution in [1.82, 2.24) is 5.32 Å². The van der Waals surface area contributed by atoms with Gasteiger partial charge < -0.3 is 9.73 Å². The highest BCUT2D eigenvalue weighted by molar-refractivity contribution is 5.95. The van der Waals surface area contributed by atoms with E-state index < -0.39 is 0 Å². The number of carbonyl (C=O) groups is 1. The van der Waals surface area contributed by atoms with Gasteiger partial charge in [-0.25, -0.2) is 4.39 Å². The van der Waals surface area contributed by atoms with E-state index in [2.05, 4.69) is 5.32 Å². The second kappa shape index (κ2) is 5.17. The Kier molecular flexibility index (Phi) is 3.21. The number of hydrogen-bond acceptors (Lipinski definition) is 2. The minimum atomic E-state index is -0.319. The molecule has 0 saturated heterocycles. The zero-order valence-electron chi connectivity index (χ0n) is 10.6. The average molecular weight is 269 g/mol. The minimum absolute atomic E-state index is 0.252. The summed E-state index contributed by atoms with van der Waals surface area (Å²) in [4.78, 5) is 12.0. The summed E-state index contributed by atoms with van der Waals surface area (Å²) in [6.45, 7) is 0.258. The van der Waals surface area contributed by atoms with Crippen molar-refractivity contribution in [2.75, 3.05) is 0 Å². The van der Waals surface area contributed by atoms with Gasteiger partial charge in [-0.2, -0.15) is 0 Å². The fourth-order valence-corrected chi connectivity index (χ4v) is 2.01. The van der Waals surface area contributed by atoms with Crippen molar-refractivity contribution in [3.63, 3.8) is 0 Å². The Balaban J connectivity index is 1.73. The number of amides is 1. The van der Waals surface area contributed by atoms with Gasteiger partial charge in [0.25, 0.3) is 5.91 Å². The van der Waals surface area contributed by atoms with Gasteiger partial charge in [-0.3, -0.25) is 4.79 Å². The van der Waals surface area contributed by atoms with Crippen LogP contribution in [0.15, 0.2) is 59.0 Å². The van der Waals surface area contributed by atoms with Gasteiger partial charge in [-0.05, 0) is 29.8 Å². The van der Waals surface area contributed by atoms with E-state index >= 15 is 0 Å². The molecule has 0 fully saturated rings. The number of nitrogens with one attached hydrogen (secondary N) is 1. The standard InChI is InChI=1S/C16H12FNO2/c17-13-6-3-4-11(8-13)10-18-16(19)15-9-12-5-1-2-7-14(12)20-15/h1-9H,10H2,(H,18,19). The predicted molar refractivity (Wildman–Crippen MR) is 73.8 cm³/mol. The summed E-state index contributed by atoms with van der Waals surface area (Å²) in [5.41, 5.74) is 1.37. The van der Waals surface area contributed by atoms with Crippen LogP contribution in [-0.2, 0) is 6.54 Å². The Bertz CT molecular complexity index is 731. The molecule has 100 valence electrons. The molecular formula is C16H12FNO2. The third-order valence-corrected chi connectivity index (χ3v) is 2.99. The molecule has 1 aromatic heterocycles. The predicted octanol–water partition coefficient (Wildman–Crippen LogP) is 3.50. The Morgan fingerprint density at radius 3 is 2.75 bits per heavy atom. The van der Waals surface area contributed by atoms with E-state index in [0.717, 1.165) is 5.39 Å². The molecule has 0 bridgehead atoms. The number of benzene rings is 2. The first-order valence-electron chi connectivity index (χ1n) is 6.23. The van der Waals surface area contributed by atoms with Crippen molar-refractivity contribution in [3.05, 3.63) is 71.7 Å². The summed E-state index contributed by atoms with van der Waals surface area (Å²) in [7, 11) is 0. The molecule has 20 heavy (non-hydrogen) atoms. The van der Waals surface area contributed by atoms with Crippen molar-refractivity contribution in [3.8, 4) is 0 Å². The monoisotopic (exact) mass is 269 g/mol. The van der Waals surface area contributed by atoms with E-state index in [9.17, 15) is 9.18 Å². The van der Waals surface area contributed by atoms with Crippen LogP contribution in [0.1, 0.15) is 16.1 Å². The molecule has 3 aromatic rings. The van der Waals surface area contributed by atoms with Gasteiger partial charge in [0.1, 0.15) is 11.4 Å². The molecular weight excluding hydrogens is 257 g/mol. The Hall–Kier alpha value is -2.62. The number of halogens is 1. The molecule has 0 unspecified atom stereocenters. The first kappa shape index (κ1) is 12.4. The number of fused-ring (bicyclic) bond motifs is 1. The summed E-state index contributed by atoms with van der Waals surface area (Å²) in [5, 5.41) is 3.58. The maximum Gasteiger partial charge on any atom is 0.287 e. The molecule has 3 nitrogen and oxygen atoms in total. The molecule has 1 heterocycles. The maximum absolute atomic E-state index is 13.0. The highest BCUT2D eigenvalue weighted by Crippen LogP contribution is 2.18. The number of hydrogen-bond donors (Lipinski definition) is 1. The maximum atomic E-state index is 13.0. The van der Waals surface area contributed by atoms with Crippen LogP contribution in [0.3, 0.4) is 0 Å². The average Bonchev–Trinajstić information content (AvgIpc) is 2.89. The van der Waals surface area contributed by atoms with Gasteiger partial charge in [-0.1, -0.05) is 30.3 Å². The lowest BCUT2D eigenvalue weighted by molar-refractivity contribution is 0.0925. The van der Waals surface area contributed by atoms with E-state index in [1.807, 2.05) is 18.2 Å². The molecule has 0 saturated carbocycles. The van der Waals surface area contributed by atoms with Gasteiger partial charge in [0.15, 0.2) is 5.76 Å². The summed E-state index contributed by atoms with van der Waals surface area (Å²) < 4.78 is 18.5. The molecule has 0 aliphatic carbocycles. The van der Waals surface area contributed by atoms with E-state index in [0.29, 0.717) is 11.1 Å². The molecule has 0 aliphatic heterocycles. The summed E-state index contributed by atoms with van der Waals surface area (Å²) in [6.07, 6.45) is 0. The zero-order chi connectivity index (χ0) is 13.9. The fraction of sp³-hybridized carbons (Fsp3) is 0.0625. The van der Waals surface area contributed by atoms with Crippen LogP contribution < -0.4 is 5.32 Å². The van der Waals surface area contributed by atoms with Gasteiger partial charge >= 0.3 is 0 Å². The third-order valence-electron chi connectivity index (χ3n) is 2.99. The fourth-order valence-electron chi connectivity index (χ4n) is 2.01. The van der Waals surface area contributed by atoms with Crippen LogP contribution in [0.4, 0.5) is 4.39 Å². The number of rotatable bonds is 3. The Labute approximate surface area is 115 Å². The van der Waals surface area contributed by atoms with E-state index in [1.54, 1.807) is 24.3 Å². The van der Waals surface area contributed by atoms with Crippen LogP contribution in [0.2, 0.25) is 0 Å². The van der Waals surface area contributed by atoms with Crippen LogP contribution in [0.25, 0.3) is 11.0 Å². The molecule has 1 N–H and O–H groups in total. The van der Waals surface area contributed by atoms with Crippen molar-refractivity contribution in [2.24, 2.45) is 0 Å². The van der Waals surface area contributed by atoms with E-state index in [1.165, 1.54) is 12.1 Å². The zero-order valence-corrected chi connectivity index (χ0v) is 10.6. The summed E-state index contributed by atoms with van der Waals surface area (Å²) in [6, 6.07) is 15.2. The lowest BCUT2D eigenvalue weighted by Crippen LogP contribution is -2.22. The van der Waals surface area contributed by atoms with Crippen LogP contribution in [-0.4, -0.2) is 5.91 Å². The lowest BCUT2D eigenvalue weighted by Gasteiger charge is -2.03. The van der Waals surface area contributed by atoms with E-state index in [4.69, 9.17) is 4.42 Å². The van der Waals surface area contributed by atoms with Gasteiger partial charge in [0, 0.05) is 11.9 Å². The highest BCUT2D eigenvalue weighted by Gasteiger charge is 2.11. The molecule has 0 aliphatic rings. The van der Waals surface area contributed by atoms with Crippen LogP contribution >= 0.6 is 0 Å². The van der Waals surface area contributed by atoms with Crippen molar-refractivity contribution in [2.45, 2.75) is 6.54 Å². The molecule has 2 aromatic carbocycles. The van der Waals surface area contributed by atoms with Gasteiger partial charge in [0.2, 0.25) is 0 Å². The SMILES string of the molecule is O=C(NCc1cccc(F)c1)c1cc2ccccc2o1. The molecule has 0 spiro atoms. The molecule has 4 heteroatoms. The highest BCUT2D eigenvalue weighted by atomic mass is 19.1. The second-order valence-corrected chi connectivity index (χ2v) is 4.46. The molecule has 3 rings (SSSR count). The first-order valence-corrected chi connectivity index (χ1v) is 6.23. The van der Waals surface area contributed by atoms with Gasteiger partial charge in [0.05, 0.1) is 0 Å². The normalized spacial score (nSPS) is 10.7. The third kappa shape index (κ3) is 2.54. The molecule has 0 atom stereocenters. The van der Waals surface area contributed by atoms with Crippen molar-refractivity contribution < 1.29 is 13.6 Å². The minimum Gasteiger partial charge on any atom is -0.451 e. The second-order valence-electron chi connectivity index (χ2n) is 4.46. The quantitative estimate of drug-likeness (QED) is 0.790. The van der Waals surface area contributed by atoms with Crippen molar-refractivity contribution in [1.29, 1.82) is 0 Å². The largest absolute Gasteiger partial charge is 0.451 e. The van der Waals surface area contributed by atoms with Crippen molar-refractivity contribution >= 4 is 16.9 Å². The topological polar surface area (TPSA) is 42.2 Å². The smallest absolute Gasteiger partial charge is 0.287 e. The van der Waals surface area contributed by atoms with Gasteiger partial charge in [-0.15, -0.1) is 0 Å². The number of carbonyl (C=O) groups excluding carboxylic acids is 1. The Morgan fingerprint density at radius 2 is 1.95 bits per heavy atom.